The average molecular weight is 601 g/mol. The topological polar surface area (TPSA) is 21.3 Å². The fourth-order valence-electron chi connectivity index (χ4n) is 7.45. The lowest BCUT2D eigenvalue weighted by Gasteiger charge is -2.27. The van der Waals surface area contributed by atoms with E-state index in [1.165, 1.54) is 38.0 Å². The van der Waals surface area contributed by atoms with E-state index in [2.05, 4.69) is 179 Å². The highest BCUT2D eigenvalue weighted by Crippen LogP contribution is 2.45. The molecule has 0 aliphatic carbocycles. The van der Waals surface area contributed by atoms with E-state index in [0.29, 0.717) is 0 Å². The molecule has 2 heterocycles. The number of hydrogen-bond donors (Lipinski definition) is 0. The molecule has 0 radical (unpaired) electrons. The van der Waals surface area contributed by atoms with Gasteiger partial charge >= 0.3 is 0 Å². The van der Waals surface area contributed by atoms with Crippen LogP contribution in [0.15, 0.2) is 174 Å². The molecule has 10 rings (SSSR count). The first-order valence-electron chi connectivity index (χ1n) is 16.0. The minimum absolute atomic E-state index is 0.873. The highest BCUT2D eigenvalue weighted by molar-refractivity contribution is 6.18. The fourth-order valence-corrected chi connectivity index (χ4v) is 7.45. The van der Waals surface area contributed by atoms with Gasteiger partial charge in [0.1, 0.15) is 5.58 Å². The third-order valence-electron chi connectivity index (χ3n) is 9.56. The zero-order valence-electron chi connectivity index (χ0n) is 25.5. The molecule has 0 atom stereocenters. The van der Waals surface area contributed by atoms with Crippen molar-refractivity contribution in [2.75, 3.05) is 4.90 Å². The van der Waals surface area contributed by atoms with E-state index in [9.17, 15) is 0 Å². The van der Waals surface area contributed by atoms with Crippen LogP contribution in [0.2, 0.25) is 0 Å². The van der Waals surface area contributed by atoms with Crippen molar-refractivity contribution >= 4 is 82.4 Å². The predicted molar refractivity (Wildman–Crippen MR) is 198 cm³/mol. The summed E-state index contributed by atoms with van der Waals surface area (Å²) in [5.74, 6) is 0. The molecule has 0 spiro atoms. The standard InChI is InChI=1S/C44H28N2O/c1-3-14-33-29(11-1)13-9-21-39(33)46(42-22-10-18-37-38-28-23-30-12-2-4-15-34(30)43(38)47-44(37)42)32-26-24-31(25-27-32)45-40-19-7-5-16-35(40)36-17-6-8-20-41(36)45/h1-28H. The van der Waals surface area contributed by atoms with Gasteiger partial charge in [0, 0.05) is 43.7 Å². The number of hydrogen-bond acceptors (Lipinski definition) is 2. The Morgan fingerprint density at radius 3 is 1.64 bits per heavy atom. The van der Waals surface area contributed by atoms with Crippen LogP contribution in [0.5, 0.6) is 0 Å². The van der Waals surface area contributed by atoms with Gasteiger partial charge in [0.2, 0.25) is 0 Å². The summed E-state index contributed by atoms with van der Waals surface area (Å²) >= 11 is 0. The predicted octanol–water partition coefficient (Wildman–Crippen LogP) is 12.5. The van der Waals surface area contributed by atoms with Crippen molar-refractivity contribution in [3.63, 3.8) is 0 Å². The van der Waals surface area contributed by atoms with Crippen molar-refractivity contribution in [3.8, 4) is 5.69 Å². The molecule has 0 saturated heterocycles. The summed E-state index contributed by atoms with van der Waals surface area (Å²) in [4.78, 5) is 2.35. The number of rotatable bonds is 4. The van der Waals surface area contributed by atoms with E-state index in [1.807, 2.05) is 0 Å². The Morgan fingerprint density at radius 1 is 0.362 bits per heavy atom. The highest BCUT2D eigenvalue weighted by atomic mass is 16.3. The first kappa shape index (κ1) is 26.0. The lowest BCUT2D eigenvalue weighted by atomic mass is 10.0. The summed E-state index contributed by atoms with van der Waals surface area (Å²) in [6, 6.07) is 60.7. The molecule has 0 aliphatic heterocycles. The number of para-hydroxylation sites is 3. The quantitative estimate of drug-likeness (QED) is 0.200. The molecular formula is C44H28N2O. The van der Waals surface area contributed by atoms with Crippen LogP contribution >= 0.6 is 0 Å². The van der Waals surface area contributed by atoms with Crippen molar-refractivity contribution in [2.24, 2.45) is 0 Å². The first-order valence-corrected chi connectivity index (χ1v) is 16.0. The molecule has 220 valence electrons. The maximum atomic E-state index is 6.87. The second-order valence-electron chi connectivity index (χ2n) is 12.1. The average Bonchev–Trinajstić information content (AvgIpc) is 3.69. The molecule has 0 aliphatic rings. The van der Waals surface area contributed by atoms with E-state index < -0.39 is 0 Å². The van der Waals surface area contributed by atoms with Gasteiger partial charge in [-0.05, 0) is 65.4 Å². The number of benzene rings is 8. The maximum Gasteiger partial charge on any atom is 0.159 e. The van der Waals surface area contributed by atoms with Crippen molar-refractivity contribution in [1.82, 2.24) is 4.57 Å². The molecule has 0 N–H and O–H groups in total. The third kappa shape index (κ3) is 3.87. The summed E-state index contributed by atoms with van der Waals surface area (Å²) in [6.07, 6.45) is 0. The maximum absolute atomic E-state index is 6.87. The van der Waals surface area contributed by atoms with Crippen LogP contribution < -0.4 is 4.90 Å². The summed E-state index contributed by atoms with van der Waals surface area (Å²) in [7, 11) is 0. The molecule has 2 aromatic heterocycles. The molecule has 8 aromatic carbocycles. The molecule has 0 saturated carbocycles. The first-order chi connectivity index (χ1) is 23.3. The molecule has 10 aromatic rings. The summed E-state index contributed by atoms with van der Waals surface area (Å²) in [6.45, 7) is 0. The van der Waals surface area contributed by atoms with Gasteiger partial charge < -0.3 is 13.9 Å². The molecule has 47 heavy (non-hydrogen) atoms. The molecule has 3 heteroatoms. The second-order valence-corrected chi connectivity index (χ2v) is 12.1. The normalized spacial score (nSPS) is 11.8. The largest absolute Gasteiger partial charge is 0.453 e. The smallest absolute Gasteiger partial charge is 0.159 e. The van der Waals surface area contributed by atoms with Crippen LogP contribution in [0.3, 0.4) is 0 Å². The van der Waals surface area contributed by atoms with E-state index in [1.54, 1.807) is 0 Å². The number of nitrogens with zero attached hydrogens (tertiary/aromatic N) is 2. The summed E-state index contributed by atoms with van der Waals surface area (Å²) in [5, 5.41) is 9.42. The van der Waals surface area contributed by atoms with E-state index in [0.717, 1.165) is 50.1 Å². The molecular weight excluding hydrogens is 572 g/mol. The SMILES string of the molecule is c1ccc2c(N(c3ccc(-n4c5ccccc5c5ccccc54)cc3)c3cccc4c3oc3c5ccccc5ccc43)cccc2c1. The molecule has 0 fully saturated rings. The van der Waals surface area contributed by atoms with Crippen molar-refractivity contribution in [2.45, 2.75) is 0 Å². The third-order valence-corrected chi connectivity index (χ3v) is 9.56. The van der Waals surface area contributed by atoms with Crippen molar-refractivity contribution in [1.29, 1.82) is 0 Å². The second kappa shape index (κ2) is 10.1. The zero-order valence-corrected chi connectivity index (χ0v) is 25.5. The minimum atomic E-state index is 0.873. The Balaban J connectivity index is 1.22. The number of anilines is 3. The lowest BCUT2D eigenvalue weighted by molar-refractivity contribution is 0.673. The zero-order chi connectivity index (χ0) is 30.9. The lowest BCUT2D eigenvalue weighted by Crippen LogP contribution is -2.11. The van der Waals surface area contributed by atoms with Crippen LogP contribution in [0.1, 0.15) is 0 Å². The molecule has 0 unspecified atom stereocenters. The Morgan fingerprint density at radius 2 is 0.894 bits per heavy atom. The van der Waals surface area contributed by atoms with Gasteiger partial charge in [0.15, 0.2) is 5.58 Å². The van der Waals surface area contributed by atoms with Crippen LogP contribution in [-0.2, 0) is 0 Å². The van der Waals surface area contributed by atoms with Gasteiger partial charge in [-0.15, -0.1) is 0 Å². The fraction of sp³-hybridized carbons (Fsp3) is 0. The van der Waals surface area contributed by atoms with Gasteiger partial charge in [-0.25, -0.2) is 0 Å². The molecule has 0 bridgehead atoms. The van der Waals surface area contributed by atoms with Gasteiger partial charge in [-0.3, -0.25) is 0 Å². The number of fused-ring (bicyclic) bond motifs is 9. The van der Waals surface area contributed by atoms with E-state index in [4.69, 9.17) is 4.42 Å². The van der Waals surface area contributed by atoms with Gasteiger partial charge in [0.05, 0.1) is 22.4 Å². The number of aromatic nitrogens is 1. The van der Waals surface area contributed by atoms with E-state index >= 15 is 0 Å². The Bertz CT molecular complexity index is 2740. The Labute approximate surface area is 271 Å². The minimum Gasteiger partial charge on any atom is -0.453 e. The van der Waals surface area contributed by atoms with Gasteiger partial charge in [0.25, 0.3) is 0 Å². The summed E-state index contributed by atoms with van der Waals surface area (Å²) in [5.41, 5.74) is 8.48. The summed E-state index contributed by atoms with van der Waals surface area (Å²) < 4.78 is 9.23. The Hall–Kier alpha value is -6.32. The Kier molecular flexibility index (Phi) is 5.57. The highest BCUT2D eigenvalue weighted by Gasteiger charge is 2.22. The van der Waals surface area contributed by atoms with Crippen LogP contribution in [-0.4, -0.2) is 4.57 Å². The van der Waals surface area contributed by atoms with Crippen LogP contribution in [0.4, 0.5) is 17.1 Å². The van der Waals surface area contributed by atoms with Crippen molar-refractivity contribution < 1.29 is 4.42 Å². The van der Waals surface area contributed by atoms with Crippen LogP contribution in [0, 0.1) is 0 Å². The monoisotopic (exact) mass is 600 g/mol. The molecule has 3 nitrogen and oxygen atoms in total. The van der Waals surface area contributed by atoms with Crippen molar-refractivity contribution in [3.05, 3.63) is 170 Å². The van der Waals surface area contributed by atoms with Crippen LogP contribution in [0.25, 0.3) is 71.0 Å². The van der Waals surface area contributed by atoms with E-state index in [-0.39, 0.29) is 0 Å². The number of furan rings is 1. The van der Waals surface area contributed by atoms with Gasteiger partial charge in [-0.2, -0.15) is 0 Å². The van der Waals surface area contributed by atoms with Gasteiger partial charge in [-0.1, -0.05) is 115 Å². The molecule has 0 amide bonds.